The van der Waals surface area contributed by atoms with Gasteiger partial charge in [-0.2, -0.15) is 4.98 Å². The van der Waals surface area contributed by atoms with E-state index in [9.17, 15) is 4.79 Å². The zero-order valence-corrected chi connectivity index (χ0v) is 21.3. The molecule has 0 aliphatic carbocycles. The summed E-state index contributed by atoms with van der Waals surface area (Å²) < 4.78 is 10.5. The van der Waals surface area contributed by atoms with E-state index in [1.165, 1.54) is 0 Å². The fraction of sp³-hybridized carbons (Fsp3) is 0.500. The molecule has 0 saturated carbocycles. The predicted octanol–water partition coefficient (Wildman–Crippen LogP) is 3.63. The lowest BCUT2D eigenvalue weighted by Gasteiger charge is -2.19. The van der Waals surface area contributed by atoms with Crippen molar-refractivity contribution >= 4 is 47.6 Å². The van der Waals surface area contributed by atoms with Gasteiger partial charge in [-0.1, -0.05) is 28.9 Å². The van der Waals surface area contributed by atoms with E-state index in [1.807, 2.05) is 39.8 Å². The normalized spacial score (nSPS) is 11.5. The summed E-state index contributed by atoms with van der Waals surface area (Å²) in [6.45, 7) is 9.53. The van der Waals surface area contributed by atoms with Crippen LogP contribution in [0.1, 0.15) is 33.6 Å². The molecule has 1 aromatic carbocycles. The third kappa shape index (κ3) is 10.7. The van der Waals surface area contributed by atoms with Gasteiger partial charge in [-0.3, -0.25) is 4.99 Å². The Morgan fingerprint density at radius 1 is 1.23 bits per heavy atom. The number of nitrogens with zero attached hydrogens (tertiary/aromatic N) is 3. The van der Waals surface area contributed by atoms with E-state index in [2.05, 4.69) is 31.1 Å². The molecule has 0 aliphatic heterocycles. The quantitative estimate of drug-likeness (QED) is 0.194. The van der Waals surface area contributed by atoms with Crippen molar-refractivity contribution in [1.29, 1.82) is 0 Å². The van der Waals surface area contributed by atoms with Crippen LogP contribution in [-0.2, 0) is 11.2 Å². The van der Waals surface area contributed by atoms with E-state index in [0.29, 0.717) is 55.3 Å². The third-order valence-electron chi connectivity index (χ3n) is 3.58. The van der Waals surface area contributed by atoms with Gasteiger partial charge in [-0.05, 0) is 39.8 Å². The Balaban J connectivity index is 0.00000480. The Bertz CT molecular complexity index is 853. The van der Waals surface area contributed by atoms with Gasteiger partial charge in [-0.15, -0.1) is 24.0 Å². The summed E-state index contributed by atoms with van der Waals surface area (Å²) in [6, 6.07) is 7.28. The van der Waals surface area contributed by atoms with Gasteiger partial charge in [0, 0.05) is 36.6 Å². The molecule has 0 aliphatic rings. The molecule has 31 heavy (non-hydrogen) atoms. The second-order valence-electron chi connectivity index (χ2n) is 7.39. The number of rotatable bonds is 8. The summed E-state index contributed by atoms with van der Waals surface area (Å²) in [4.78, 5) is 20.5. The van der Waals surface area contributed by atoms with Crippen LogP contribution in [0.3, 0.4) is 0 Å². The van der Waals surface area contributed by atoms with Crippen LogP contribution in [-0.4, -0.2) is 54.0 Å². The highest BCUT2D eigenvalue weighted by molar-refractivity contribution is 14.0. The Hall–Kier alpha value is -2.08. The first-order chi connectivity index (χ1) is 14.3. The number of ether oxygens (including phenoxy) is 1. The number of hydrogen-bond acceptors (Lipinski definition) is 6. The standard InChI is InChI=1S/C20H29ClN6O3.HI/c1-5-22-18(24-11-12-25-19(28)29-20(2,3)4)23-10-9-16-26-17(27-30-16)14-7-6-8-15(21)13-14;/h6-8,13H,5,9-12H2,1-4H3,(H,25,28)(H2,22,23,24);1H. The largest absolute Gasteiger partial charge is 0.444 e. The molecule has 9 nitrogen and oxygen atoms in total. The van der Waals surface area contributed by atoms with E-state index in [-0.39, 0.29) is 24.0 Å². The number of aromatic nitrogens is 2. The minimum Gasteiger partial charge on any atom is -0.444 e. The van der Waals surface area contributed by atoms with Crippen LogP contribution in [0.2, 0.25) is 5.02 Å². The van der Waals surface area contributed by atoms with Crippen molar-refractivity contribution in [2.24, 2.45) is 4.99 Å². The molecular formula is C20H30ClIN6O3. The monoisotopic (exact) mass is 564 g/mol. The fourth-order valence-corrected chi connectivity index (χ4v) is 2.56. The maximum atomic E-state index is 11.6. The molecular weight excluding hydrogens is 535 g/mol. The lowest BCUT2D eigenvalue weighted by atomic mass is 10.2. The van der Waals surface area contributed by atoms with Gasteiger partial charge in [0.15, 0.2) is 5.96 Å². The van der Waals surface area contributed by atoms with Gasteiger partial charge in [0.25, 0.3) is 0 Å². The number of alkyl carbamates (subject to hydrolysis) is 1. The van der Waals surface area contributed by atoms with Crippen molar-refractivity contribution in [2.75, 3.05) is 26.2 Å². The summed E-state index contributed by atoms with van der Waals surface area (Å²) in [6.07, 6.45) is 0.0541. The molecule has 172 valence electrons. The summed E-state index contributed by atoms with van der Waals surface area (Å²) in [5.74, 6) is 1.63. The number of carbonyl (C=O) groups is 1. The van der Waals surface area contributed by atoms with E-state index in [0.717, 1.165) is 5.56 Å². The van der Waals surface area contributed by atoms with Gasteiger partial charge < -0.3 is 25.2 Å². The van der Waals surface area contributed by atoms with Crippen LogP contribution >= 0.6 is 35.6 Å². The Labute approximate surface area is 204 Å². The molecule has 2 rings (SSSR count). The Kier molecular flexibility index (Phi) is 11.6. The number of amides is 1. The van der Waals surface area contributed by atoms with Gasteiger partial charge in [0.2, 0.25) is 11.7 Å². The molecule has 11 heteroatoms. The molecule has 1 heterocycles. The number of carbonyl (C=O) groups excluding carboxylic acids is 1. The Morgan fingerprint density at radius 2 is 1.97 bits per heavy atom. The third-order valence-corrected chi connectivity index (χ3v) is 3.81. The molecule has 3 N–H and O–H groups in total. The number of halogens is 2. The lowest BCUT2D eigenvalue weighted by Crippen LogP contribution is -2.42. The van der Waals surface area contributed by atoms with Crippen molar-refractivity contribution in [2.45, 2.75) is 39.7 Å². The minimum absolute atomic E-state index is 0. The first kappa shape index (κ1) is 27.0. The van der Waals surface area contributed by atoms with E-state index >= 15 is 0 Å². The molecule has 1 aromatic heterocycles. The molecule has 0 spiro atoms. The molecule has 1 amide bonds. The van der Waals surface area contributed by atoms with Crippen LogP contribution in [0.15, 0.2) is 33.8 Å². The molecule has 0 bridgehead atoms. The zero-order valence-electron chi connectivity index (χ0n) is 18.2. The Morgan fingerprint density at radius 3 is 2.65 bits per heavy atom. The lowest BCUT2D eigenvalue weighted by molar-refractivity contribution is 0.0529. The second-order valence-corrected chi connectivity index (χ2v) is 7.82. The van der Waals surface area contributed by atoms with Crippen LogP contribution in [0, 0.1) is 0 Å². The van der Waals surface area contributed by atoms with Gasteiger partial charge in [0.1, 0.15) is 5.60 Å². The summed E-state index contributed by atoms with van der Waals surface area (Å²) in [7, 11) is 0. The highest BCUT2D eigenvalue weighted by atomic mass is 127. The molecule has 0 saturated heterocycles. The van der Waals surface area contributed by atoms with Gasteiger partial charge in [0.05, 0.1) is 6.54 Å². The van der Waals surface area contributed by atoms with Gasteiger partial charge >= 0.3 is 6.09 Å². The smallest absolute Gasteiger partial charge is 0.407 e. The van der Waals surface area contributed by atoms with Crippen molar-refractivity contribution in [3.8, 4) is 11.4 Å². The molecule has 0 atom stereocenters. The van der Waals surface area contributed by atoms with Crippen LogP contribution in [0.5, 0.6) is 0 Å². The van der Waals surface area contributed by atoms with Crippen LogP contribution in [0.4, 0.5) is 4.79 Å². The highest BCUT2D eigenvalue weighted by Crippen LogP contribution is 2.19. The van der Waals surface area contributed by atoms with E-state index in [1.54, 1.807) is 12.1 Å². The first-order valence-corrected chi connectivity index (χ1v) is 10.2. The maximum Gasteiger partial charge on any atom is 0.407 e. The number of nitrogens with one attached hydrogen (secondary N) is 3. The molecule has 0 fully saturated rings. The summed E-state index contributed by atoms with van der Waals surface area (Å²) in [5.41, 5.74) is 0.281. The number of hydrogen-bond donors (Lipinski definition) is 3. The topological polar surface area (TPSA) is 114 Å². The SMILES string of the molecule is CCNC(=NCCc1nc(-c2cccc(Cl)c2)no1)NCCNC(=O)OC(C)(C)C.I. The van der Waals surface area contributed by atoms with E-state index in [4.69, 9.17) is 20.9 Å². The zero-order chi connectivity index (χ0) is 22.0. The second kappa shape index (κ2) is 13.4. The average molecular weight is 565 g/mol. The van der Waals surface area contributed by atoms with Crippen molar-refractivity contribution in [3.05, 3.63) is 35.2 Å². The number of guanidine groups is 1. The predicted molar refractivity (Wildman–Crippen MR) is 132 cm³/mol. The van der Waals surface area contributed by atoms with Crippen molar-refractivity contribution in [1.82, 2.24) is 26.1 Å². The fourth-order valence-electron chi connectivity index (χ4n) is 2.37. The number of benzene rings is 1. The van der Waals surface area contributed by atoms with Gasteiger partial charge in [-0.25, -0.2) is 4.79 Å². The van der Waals surface area contributed by atoms with Crippen molar-refractivity contribution < 1.29 is 14.1 Å². The molecule has 2 aromatic rings. The van der Waals surface area contributed by atoms with Crippen LogP contribution < -0.4 is 16.0 Å². The molecule has 0 unspecified atom stereocenters. The first-order valence-electron chi connectivity index (χ1n) is 9.84. The van der Waals surface area contributed by atoms with E-state index < -0.39 is 11.7 Å². The maximum absolute atomic E-state index is 11.6. The number of aliphatic imine (C=N–C) groups is 1. The summed E-state index contributed by atoms with van der Waals surface area (Å²) >= 11 is 6.00. The van der Waals surface area contributed by atoms with Crippen molar-refractivity contribution in [3.63, 3.8) is 0 Å². The highest BCUT2D eigenvalue weighted by Gasteiger charge is 2.15. The average Bonchev–Trinajstić information content (AvgIpc) is 3.13. The molecule has 0 radical (unpaired) electrons. The summed E-state index contributed by atoms with van der Waals surface area (Å²) in [5, 5.41) is 13.6. The minimum atomic E-state index is -0.519. The van der Waals surface area contributed by atoms with Crippen LogP contribution in [0.25, 0.3) is 11.4 Å².